The van der Waals surface area contributed by atoms with Crippen molar-refractivity contribution in [2.24, 2.45) is 23.7 Å². The fourth-order valence-electron chi connectivity index (χ4n) is 6.23. The molecular weight excluding hydrogens is 419 g/mol. The highest BCUT2D eigenvalue weighted by atomic mass is 19.4. The van der Waals surface area contributed by atoms with E-state index in [0.717, 1.165) is 77.5 Å². The van der Waals surface area contributed by atoms with Gasteiger partial charge < -0.3 is 14.9 Å². The van der Waals surface area contributed by atoms with Gasteiger partial charge in [0.15, 0.2) is 0 Å². The van der Waals surface area contributed by atoms with Crippen LogP contribution >= 0.6 is 0 Å². The topological polar surface area (TPSA) is 52.9 Å². The number of unbranched alkanes of at least 4 members (excludes halogenated alkanes) is 2. The molecule has 0 amide bonds. The molecule has 1 saturated heterocycles. The molecule has 3 aliphatic rings. The highest BCUT2D eigenvalue weighted by Gasteiger charge is 2.43. The van der Waals surface area contributed by atoms with E-state index in [1.54, 1.807) is 0 Å². The molecule has 3 unspecified atom stereocenters. The molecule has 0 radical (unpaired) electrons. The number of hydrogen-bond acceptors (Lipinski definition) is 4. The van der Waals surface area contributed by atoms with E-state index in [9.17, 15) is 23.4 Å². The average molecular weight is 464 g/mol. The summed E-state index contributed by atoms with van der Waals surface area (Å²) in [6.07, 6.45) is 5.31. The molecule has 0 aromatic rings. The first kappa shape index (κ1) is 26.2. The molecular formula is C25H44F3NO3. The van der Waals surface area contributed by atoms with Crippen LogP contribution in [0.15, 0.2) is 0 Å². The Hall–Kier alpha value is -0.370. The molecule has 3 fully saturated rings. The number of halogens is 3. The maximum atomic E-state index is 13.1. The number of β-amino-alcohol motifs (C(OH)–C–C–N with tert-alkyl or cyclic N) is 1. The van der Waals surface area contributed by atoms with Crippen molar-refractivity contribution < 1.29 is 28.1 Å². The molecule has 2 N–H and O–H groups in total. The molecule has 0 aromatic heterocycles. The Morgan fingerprint density at radius 1 is 0.875 bits per heavy atom. The molecule has 0 spiro atoms. The van der Waals surface area contributed by atoms with E-state index in [1.807, 2.05) is 0 Å². The maximum absolute atomic E-state index is 13.1. The van der Waals surface area contributed by atoms with Gasteiger partial charge in [0.1, 0.15) is 0 Å². The third-order valence-electron chi connectivity index (χ3n) is 8.39. The van der Waals surface area contributed by atoms with Gasteiger partial charge in [-0.25, -0.2) is 0 Å². The lowest BCUT2D eigenvalue weighted by atomic mass is 9.68. The van der Waals surface area contributed by atoms with Crippen molar-refractivity contribution in [3.8, 4) is 0 Å². The van der Waals surface area contributed by atoms with Crippen LogP contribution in [0.3, 0.4) is 0 Å². The number of alkyl halides is 3. The number of aliphatic hydroxyl groups excluding tert-OH is 2. The first-order chi connectivity index (χ1) is 15.2. The Morgan fingerprint density at radius 2 is 1.62 bits per heavy atom. The third-order valence-corrected chi connectivity index (χ3v) is 8.39. The average Bonchev–Trinajstić information content (AvgIpc) is 2.76. The van der Waals surface area contributed by atoms with Crippen LogP contribution in [-0.2, 0) is 4.74 Å². The van der Waals surface area contributed by atoms with E-state index in [1.165, 1.54) is 0 Å². The Labute approximate surface area is 191 Å². The van der Waals surface area contributed by atoms with Crippen molar-refractivity contribution in [1.82, 2.24) is 4.90 Å². The van der Waals surface area contributed by atoms with Crippen LogP contribution < -0.4 is 0 Å². The maximum Gasteiger partial charge on any atom is 0.391 e. The molecule has 5 atom stereocenters. The Bertz CT molecular complexity index is 539. The minimum Gasteiger partial charge on any atom is -0.390 e. The van der Waals surface area contributed by atoms with Gasteiger partial charge in [0.25, 0.3) is 0 Å². The molecule has 7 heteroatoms. The molecule has 1 aliphatic heterocycles. The smallest absolute Gasteiger partial charge is 0.390 e. The van der Waals surface area contributed by atoms with Crippen molar-refractivity contribution in [3.63, 3.8) is 0 Å². The van der Waals surface area contributed by atoms with Crippen molar-refractivity contribution in [2.45, 2.75) is 108 Å². The van der Waals surface area contributed by atoms with E-state index in [0.29, 0.717) is 43.7 Å². The van der Waals surface area contributed by atoms with Crippen molar-refractivity contribution in [3.05, 3.63) is 0 Å². The highest BCUT2D eigenvalue weighted by Crippen LogP contribution is 2.46. The van der Waals surface area contributed by atoms with Gasteiger partial charge in [-0.2, -0.15) is 13.2 Å². The van der Waals surface area contributed by atoms with Gasteiger partial charge in [-0.1, -0.05) is 12.8 Å². The highest BCUT2D eigenvalue weighted by molar-refractivity contribution is 4.85. The molecule has 3 rings (SSSR count). The van der Waals surface area contributed by atoms with Gasteiger partial charge in [0, 0.05) is 25.8 Å². The normalized spacial score (nSPS) is 37.5. The second-order valence-corrected chi connectivity index (χ2v) is 10.8. The molecule has 32 heavy (non-hydrogen) atoms. The van der Waals surface area contributed by atoms with E-state index < -0.39 is 24.3 Å². The van der Waals surface area contributed by atoms with E-state index in [-0.39, 0.29) is 5.92 Å². The zero-order chi connectivity index (χ0) is 23.1. The first-order valence-electron chi connectivity index (χ1n) is 13.0. The standard InChI is InChI=1S/C25H44F3NO3/c1-18-14-23(30)24(31)16-29(18)12-3-2-4-13-32-17-19-8-10-20(11-9-19)21-6-5-7-22(15-21)25(26,27)28/h18-24,30-31H,2-17H2,1H3/t18-,19?,20?,21?,22?,23?,24-/m0/s1. The number of nitrogens with zero attached hydrogens (tertiary/aromatic N) is 1. The lowest BCUT2D eigenvalue weighted by Crippen LogP contribution is -2.51. The van der Waals surface area contributed by atoms with Crippen LogP contribution in [0.5, 0.6) is 0 Å². The number of piperidine rings is 1. The second-order valence-electron chi connectivity index (χ2n) is 10.8. The minimum atomic E-state index is -4.01. The van der Waals surface area contributed by atoms with Gasteiger partial charge >= 0.3 is 6.18 Å². The Balaban J connectivity index is 1.21. The van der Waals surface area contributed by atoms with Gasteiger partial charge in [0.2, 0.25) is 0 Å². The van der Waals surface area contributed by atoms with Crippen LogP contribution in [-0.4, -0.2) is 65.8 Å². The fraction of sp³-hybridized carbons (Fsp3) is 1.00. The van der Waals surface area contributed by atoms with E-state index in [2.05, 4.69) is 11.8 Å². The number of aliphatic hydroxyl groups is 2. The van der Waals surface area contributed by atoms with E-state index in [4.69, 9.17) is 4.74 Å². The van der Waals surface area contributed by atoms with Crippen LogP contribution in [0.4, 0.5) is 13.2 Å². The summed E-state index contributed by atoms with van der Waals surface area (Å²) in [5.74, 6) is 0.241. The summed E-state index contributed by atoms with van der Waals surface area (Å²) < 4.78 is 45.2. The molecule has 0 bridgehead atoms. The lowest BCUT2D eigenvalue weighted by Gasteiger charge is -2.39. The third kappa shape index (κ3) is 7.85. The summed E-state index contributed by atoms with van der Waals surface area (Å²) in [6, 6.07) is 0.313. The number of hydrogen-bond donors (Lipinski definition) is 2. The molecule has 188 valence electrons. The largest absolute Gasteiger partial charge is 0.391 e. The van der Waals surface area contributed by atoms with E-state index >= 15 is 0 Å². The predicted molar refractivity (Wildman–Crippen MR) is 119 cm³/mol. The molecule has 1 heterocycles. The Morgan fingerprint density at radius 3 is 2.34 bits per heavy atom. The van der Waals surface area contributed by atoms with Gasteiger partial charge in [-0.3, -0.25) is 4.90 Å². The summed E-state index contributed by atoms with van der Waals surface area (Å²) in [5, 5.41) is 19.6. The van der Waals surface area contributed by atoms with Crippen LogP contribution in [0.1, 0.15) is 84.0 Å². The van der Waals surface area contributed by atoms with Gasteiger partial charge in [-0.05, 0) is 95.4 Å². The minimum absolute atomic E-state index is 0.268. The van der Waals surface area contributed by atoms with Crippen LogP contribution in [0, 0.1) is 23.7 Å². The summed E-state index contributed by atoms with van der Waals surface area (Å²) in [7, 11) is 0. The number of likely N-dealkylation sites (tertiary alicyclic amines) is 1. The second kappa shape index (κ2) is 12.4. The lowest BCUT2D eigenvalue weighted by molar-refractivity contribution is -0.187. The molecule has 2 aliphatic carbocycles. The van der Waals surface area contributed by atoms with Crippen LogP contribution in [0.25, 0.3) is 0 Å². The summed E-state index contributed by atoms with van der Waals surface area (Å²) >= 11 is 0. The quantitative estimate of drug-likeness (QED) is 0.464. The molecule has 4 nitrogen and oxygen atoms in total. The summed E-state index contributed by atoms with van der Waals surface area (Å²) in [4.78, 5) is 2.26. The molecule has 0 aromatic carbocycles. The van der Waals surface area contributed by atoms with Crippen molar-refractivity contribution >= 4 is 0 Å². The van der Waals surface area contributed by atoms with Gasteiger partial charge in [-0.15, -0.1) is 0 Å². The van der Waals surface area contributed by atoms with Gasteiger partial charge in [0.05, 0.1) is 18.1 Å². The predicted octanol–water partition coefficient (Wildman–Crippen LogP) is 5.16. The Kier molecular flexibility index (Phi) is 10.1. The zero-order valence-electron chi connectivity index (χ0n) is 19.7. The monoisotopic (exact) mass is 463 g/mol. The van der Waals surface area contributed by atoms with Crippen molar-refractivity contribution in [1.29, 1.82) is 0 Å². The molecule has 2 saturated carbocycles. The fourth-order valence-corrected chi connectivity index (χ4v) is 6.23. The van der Waals surface area contributed by atoms with Crippen LogP contribution in [0.2, 0.25) is 0 Å². The SMILES string of the molecule is C[C@H]1CC(O)[C@@H](O)CN1CCCCCOCC1CCC(C2CCCC(C(F)(F)F)C2)CC1. The summed E-state index contributed by atoms with van der Waals surface area (Å²) in [6.45, 7) is 5.17. The number of rotatable bonds is 9. The number of ether oxygens (including phenoxy) is 1. The van der Waals surface area contributed by atoms with Crippen molar-refractivity contribution in [2.75, 3.05) is 26.3 Å². The zero-order valence-corrected chi connectivity index (χ0v) is 19.7. The first-order valence-corrected chi connectivity index (χ1v) is 13.0. The summed E-state index contributed by atoms with van der Waals surface area (Å²) in [5.41, 5.74) is 0.